The maximum atomic E-state index is 12.9. The molecule has 26 heavy (non-hydrogen) atoms. The van der Waals surface area contributed by atoms with Gasteiger partial charge in [-0.2, -0.15) is 0 Å². The Morgan fingerprint density at radius 1 is 1.35 bits per heavy atom. The van der Waals surface area contributed by atoms with Gasteiger partial charge in [-0.15, -0.1) is 0 Å². The minimum Gasteiger partial charge on any atom is -0.484 e. The number of likely N-dealkylation sites (tertiary alicyclic amines) is 1. The standard InChI is InChI=1S/C19H23FN2O4/c1-24-11-9-15-4-2-3-10-22(15)19(23)17-12-26-18(21-17)13-25-16-7-5-14(20)6-8-16/h5-8,12,15H,2-4,9-11,13H2,1H3/t15-/m0/s1. The lowest BCUT2D eigenvalue weighted by molar-refractivity contribution is 0.0547. The highest BCUT2D eigenvalue weighted by atomic mass is 19.1. The number of piperidine rings is 1. The Kier molecular flexibility index (Phi) is 6.22. The van der Waals surface area contributed by atoms with E-state index in [0.717, 1.165) is 32.2 Å². The van der Waals surface area contributed by atoms with E-state index < -0.39 is 0 Å². The Hall–Kier alpha value is -2.41. The van der Waals surface area contributed by atoms with Crippen molar-refractivity contribution in [1.29, 1.82) is 0 Å². The highest BCUT2D eigenvalue weighted by molar-refractivity contribution is 5.92. The molecule has 3 rings (SSSR count). The summed E-state index contributed by atoms with van der Waals surface area (Å²) < 4.78 is 28.9. The zero-order chi connectivity index (χ0) is 18.4. The number of halogens is 1. The molecule has 0 bridgehead atoms. The highest BCUT2D eigenvalue weighted by Gasteiger charge is 2.29. The number of hydrogen-bond donors (Lipinski definition) is 0. The fraction of sp³-hybridized carbons (Fsp3) is 0.474. The predicted octanol–water partition coefficient (Wildman–Crippen LogP) is 3.42. The number of methoxy groups -OCH3 is 1. The number of carbonyl (C=O) groups excluding carboxylic acids is 1. The molecular weight excluding hydrogens is 339 g/mol. The monoisotopic (exact) mass is 362 g/mol. The zero-order valence-electron chi connectivity index (χ0n) is 14.8. The minimum absolute atomic E-state index is 0.0754. The van der Waals surface area contributed by atoms with Crippen molar-refractivity contribution in [1.82, 2.24) is 9.88 Å². The number of aromatic nitrogens is 1. The van der Waals surface area contributed by atoms with Gasteiger partial charge in [-0.05, 0) is 49.9 Å². The number of carbonyl (C=O) groups is 1. The lowest BCUT2D eigenvalue weighted by Crippen LogP contribution is -2.44. The topological polar surface area (TPSA) is 64.8 Å². The Morgan fingerprint density at radius 2 is 2.15 bits per heavy atom. The summed E-state index contributed by atoms with van der Waals surface area (Å²) in [6.45, 7) is 1.43. The summed E-state index contributed by atoms with van der Waals surface area (Å²) in [5.74, 6) is 0.366. The summed E-state index contributed by atoms with van der Waals surface area (Å²) in [5, 5.41) is 0. The Morgan fingerprint density at radius 3 is 2.92 bits per heavy atom. The molecule has 1 amide bonds. The SMILES string of the molecule is COCC[C@@H]1CCCCN1C(=O)c1coc(COc2ccc(F)cc2)n1. The molecule has 1 fully saturated rings. The van der Waals surface area contributed by atoms with Crippen LogP contribution in [0.25, 0.3) is 0 Å². The summed E-state index contributed by atoms with van der Waals surface area (Å²) in [6, 6.07) is 5.86. The molecule has 0 unspecified atom stereocenters. The van der Waals surface area contributed by atoms with Crippen LogP contribution < -0.4 is 4.74 Å². The van der Waals surface area contributed by atoms with Crippen LogP contribution in [-0.4, -0.2) is 42.1 Å². The summed E-state index contributed by atoms with van der Waals surface area (Å²) in [5.41, 5.74) is 0.284. The van der Waals surface area contributed by atoms with Crippen LogP contribution in [0, 0.1) is 5.82 Å². The smallest absolute Gasteiger partial charge is 0.276 e. The van der Waals surface area contributed by atoms with Gasteiger partial charge in [-0.3, -0.25) is 4.79 Å². The maximum absolute atomic E-state index is 12.9. The Labute approximate surface area is 151 Å². The molecular formula is C19H23FN2O4. The molecule has 0 saturated carbocycles. The van der Waals surface area contributed by atoms with Gasteiger partial charge in [0.2, 0.25) is 5.89 Å². The van der Waals surface area contributed by atoms with Crippen LogP contribution in [0.2, 0.25) is 0 Å². The first-order chi connectivity index (χ1) is 12.7. The third-order valence-corrected chi connectivity index (χ3v) is 4.49. The van der Waals surface area contributed by atoms with E-state index in [0.29, 0.717) is 18.2 Å². The van der Waals surface area contributed by atoms with Crippen molar-refractivity contribution in [3.8, 4) is 5.75 Å². The van der Waals surface area contributed by atoms with Gasteiger partial charge in [0, 0.05) is 26.3 Å². The predicted molar refractivity (Wildman–Crippen MR) is 92.4 cm³/mol. The van der Waals surface area contributed by atoms with Gasteiger partial charge in [-0.1, -0.05) is 0 Å². The van der Waals surface area contributed by atoms with Crippen molar-refractivity contribution in [2.24, 2.45) is 0 Å². The van der Waals surface area contributed by atoms with Crippen molar-refractivity contribution >= 4 is 5.91 Å². The second kappa shape index (κ2) is 8.80. The number of amides is 1. The first kappa shape index (κ1) is 18.4. The van der Waals surface area contributed by atoms with Crippen molar-refractivity contribution in [2.75, 3.05) is 20.3 Å². The van der Waals surface area contributed by atoms with Gasteiger partial charge in [0.25, 0.3) is 5.91 Å². The minimum atomic E-state index is -0.328. The average molecular weight is 362 g/mol. The van der Waals surface area contributed by atoms with Gasteiger partial charge < -0.3 is 18.8 Å². The van der Waals surface area contributed by atoms with Crippen molar-refractivity contribution < 1.29 is 23.1 Å². The van der Waals surface area contributed by atoms with E-state index in [1.165, 1.54) is 30.5 Å². The molecule has 1 aliphatic rings. The maximum Gasteiger partial charge on any atom is 0.276 e. The van der Waals surface area contributed by atoms with Crippen LogP contribution in [0.3, 0.4) is 0 Å². The van der Waals surface area contributed by atoms with Crippen LogP contribution in [0.1, 0.15) is 42.1 Å². The fourth-order valence-corrected chi connectivity index (χ4v) is 3.12. The molecule has 0 spiro atoms. The highest BCUT2D eigenvalue weighted by Crippen LogP contribution is 2.22. The van der Waals surface area contributed by atoms with Crippen LogP contribution in [0.15, 0.2) is 34.9 Å². The molecule has 0 aliphatic carbocycles. The molecule has 1 aliphatic heterocycles. The third kappa shape index (κ3) is 4.60. The fourth-order valence-electron chi connectivity index (χ4n) is 3.12. The number of benzene rings is 1. The van der Waals surface area contributed by atoms with E-state index in [1.54, 1.807) is 7.11 Å². The molecule has 140 valence electrons. The molecule has 0 N–H and O–H groups in total. The Balaban J connectivity index is 1.60. The second-order valence-electron chi connectivity index (χ2n) is 6.30. The zero-order valence-corrected chi connectivity index (χ0v) is 14.8. The lowest BCUT2D eigenvalue weighted by Gasteiger charge is -2.35. The molecule has 2 heterocycles. The second-order valence-corrected chi connectivity index (χ2v) is 6.30. The molecule has 1 aromatic carbocycles. The van der Waals surface area contributed by atoms with E-state index in [1.807, 2.05) is 4.90 Å². The van der Waals surface area contributed by atoms with Gasteiger partial charge in [0.15, 0.2) is 12.3 Å². The number of ether oxygens (including phenoxy) is 2. The van der Waals surface area contributed by atoms with Crippen molar-refractivity contribution in [3.63, 3.8) is 0 Å². The first-order valence-corrected chi connectivity index (χ1v) is 8.80. The number of nitrogens with zero attached hydrogens (tertiary/aromatic N) is 2. The van der Waals surface area contributed by atoms with E-state index in [-0.39, 0.29) is 30.1 Å². The third-order valence-electron chi connectivity index (χ3n) is 4.49. The Bertz CT molecular complexity index is 717. The molecule has 1 saturated heterocycles. The summed E-state index contributed by atoms with van der Waals surface area (Å²) >= 11 is 0. The first-order valence-electron chi connectivity index (χ1n) is 8.80. The molecule has 0 radical (unpaired) electrons. The van der Waals surface area contributed by atoms with Crippen LogP contribution >= 0.6 is 0 Å². The number of oxazole rings is 1. The van der Waals surface area contributed by atoms with Crippen molar-refractivity contribution in [2.45, 2.75) is 38.3 Å². The van der Waals surface area contributed by atoms with E-state index in [9.17, 15) is 9.18 Å². The average Bonchev–Trinajstić information content (AvgIpc) is 3.14. The molecule has 1 aromatic heterocycles. The summed E-state index contributed by atoms with van der Waals surface area (Å²) in [4.78, 5) is 18.9. The van der Waals surface area contributed by atoms with Gasteiger partial charge in [0.1, 0.15) is 17.8 Å². The largest absolute Gasteiger partial charge is 0.484 e. The summed E-state index contributed by atoms with van der Waals surface area (Å²) in [7, 11) is 1.67. The molecule has 7 heteroatoms. The van der Waals surface area contributed by atoms with Crippen LogP contribution in [0.4, 0.5) is 4.39 Å². The van der Waals surface area contributed by atoms with Crippen LogP contribution in [0.5, 0.6) is 5.75 Å². The molecule has 1 atom stereocenters. The number of rotatable bonds is 7. The summed E-state index contributed by atoms with van der Waals surface area (Å²) in [6.07, 6.45) is 5.28. The van der Waals surface area contributed by atoms with Crippen molar-refractivity contribution in [3.05, 3.63) is 47.9 Å². The number of hydrogen-bond acceptors (Lipinski definition) is 5. The van der Waals surface area contributed by atoms with E-state index in [2.05, 4.69) is 4.98 Å². The van der Waals surface area contributed by atoms with Gasteiger partial charge in [0.05, 0.1) is 0 Å². The van der Waals surface area contributed by atoms with Crippen LogP contribution in [-0.2, 0) is 11.3 Å². The van der Waals surface area contributed by atoms with Gasteiger partial charge >= 0.3 is 0 Å². The molecule has 6 nitrogen and oxygen atoms in total. The van der Waals surface area contributed by atoms with E-state index in [4.69, 9.17) is 13.9 Å². The normalized spacial score (nSPS) is 17.3. The van der Waals surface area contributed by atoms with Gasteiger partial charge in [-0.25, -0.2) is 9.37 Å². The quantitative estimate of drug-likeness (QED) is 0.755. The van der Waals surface area contributed by atoms with E-state index >= 15 is 0 Å². The molecule has 2 aromatic rings. The lowest BCUT2D eigenvalue weighted by atomic mass is 9.99.